The maximum Gasteiger partial charge on any atom is 0.255 e. The number of rotatable bonds is 3. The first-order valence-corrected chi connectivity index (χ1v) is 7.96. The molecule has 0 radical (unpaired) electrons. The Morgan fingerprint density at radius 1 is 0.960 bits per heavy atom. The molecule has 0 unspecified atom stereocenters. The van der Waals surface area contributed by atoms with Crippen LogP contribution in [-0.2, 0) is 7.05 Å². The van der Waals surface area contributed by atoms with E-state index in [4.69, 9.17) is 0 Å². The summed E-state index contributed by atoms with van der Waals surface area (Å²) < 4.78 is 1.82. The van der Waals surface area contributed by atoms with Gasteiger partial charge in [0.15, 0.2) is 5.82 Å². The lowest BCUT2D eigenvalue weighted by atomic mass is 10.1. The average Bonchev–Trinajstić information content (AvgIpc) is 3.07. The highest BCUT2D eigenvalue weighted by atomic mass is 16.1. The first kappa shape index (κ1) is 15.1. The molecule has 0 saturated heterocycles. The van der Waals surface area contributed by atoms with Crippen LogP contribution in [0, 0.1) is 0 Å². The maximum atomic E-state index is 12.7. The van der Waals surface area contributed by atoms with Gasteiger partial charge in [-0.25, -0.2) is 0 Å². The fourth-order valence-electron chi connectivity index (χ4n) is 2.84. The number of aryl methyl sites for hydroxylation is 1. The molecule has 5 nitrogen and oxygen atoms in total. The fraction of sp³-hybridized carbons (Fsp3) is 0.0500. The molecule has 25 heavy (non-hydrogen) atoms. The molecule has 0 aliphatic rings. The van der Waals surface area contributed by atoms with Gasteiger partial charge in [0.1, 0.15) is 6.33 Å². The van der Waals surface area contributed by atoms with E-state index in [-0.39, 0.29) is 5.91 Å². The molecule has 1 amide bonds. The third kappa shape index (κ3) is 2.87. The molecular weight excluding hydrogens is 312 g/mol. The number of fused-ring (bicyclic) bond motifs is 1. The van der Waals surface area contributed by atoms with Gasteiger partial charge in [0.2, 0.25) is 0 Å². The zero-order valence-corrected chi connectivity index (χ0v) is 13.7. The number of carbonyl (C=O) groups excluding carboxylic acids is 1. The molecule has 0 atom stereocenters. The zero-order chi connectivity index (χ0) is 17.2. The van der Waals surface area contributed by atoms with Gasteiger partial charge in [0.25, 0.3) is 5.91 Å². The first-order chi connectivity index (χ1) is 12.2. The standard InChI is InChI=1S/C20H16N4O/c1-24-13-21-23-19(24)17-8-4-5-9-18(17)22-20(25)16-11-10-14-6-2-3-7-15(14)12-16/h2-13H,1H3,(H,22,25). The van der Waals surface area contributed by atoms with E-state index in [1.54, 1.807) is 6.33 Å². The summed E-state index contributed by atoms with van der Waals surface area (Å²) in [5.74, 6) is 0.551. The smallest absolute Gasteiger partial charge is 0.255 e. The number of nitrogens with one attached hydrogen (secondary N) is 1. The molecule has 0 spiro atoms. The average molecular weight is 328 g/mol. The number of para-hydroxylation sites is 1. The van der Waals surface area contributed by atoms with Crippen LogP contribution in [0.15, 0.2) is 73.1 Å². The Labute approximate surface area is 144 Å². The van der Waals surface area contributed by atoms with Gasteiger partial charge in [-0.1, -0.05) is 42.5 Å². The summed E-state index contributed by atoms with van der Waals surface area (Å²) >= 11 is 0. The van der Waals surface area contributed by atoms with Crippen LogP contribution in [0.4, 0.5) is 5.69 Å². The van der Waals surface area contributed by atoms with Crippen LogP contribution >= 0.6 is 0 Å². The van der Waals surface area contributed by atoms with Crippen LogP contribution in [0.1, 0.15) is 10.4 Å². The number of benzene rings is 3. The van der Waals surface area contributed by atoms with Gasteiger partial charge in [0, 0.05) is 18.2 Å². The number of carbonyl (C=O) groups is 1. The predicted molar refractivity (Wildman–Crippen MR) is 98.3 cm³/mol. The zero-order valence-electron chi connectivity index (χ0n) is 13.7. The lowest BCUT2D eigenvalue weighted by molar-refractivity contribution is 0.102. The second-order valence-corrected chi connectivity index (χ2v) is 5.83. The Morgan fingerprint density at radius 2 is 1.72 bits per heavy atom. The predicted octanol–water partition coefficient (Wildman–Crippen LogP) is 3.89. The van der Waals surface area contributed by atoms with Crippen molar-refractivity contribution in [3.8, 4) is 11.4 Å². The number of nitrogens with zero attached hydrogens (tertiary/aromatic N) is 3. The summed E-state index contributed by atoms with van der Waals surface area (Å²) in [7, 11) is 1.87. The molecule has 1 N–H and O–H groups in total. The molecule has 5 heteroatoms. The van der Waals surface area contributed by atoms with Gasteiger partial charge in [-0.05, 0) is 35.0 Å². The number of anilines is 1. The van der Waals surface area contributed by atoms with Crippen molar-refractivity contribution < 1.29 is 4.79 Å². The van der Waals surface area contributed by atoms with Crippen LogP contribution in [0.2, 0.25) is 0 Å². The Hall–Kier alpha value is -3.47. The van der Waals surface area contributed by atoms with E-state index in [0.717, 1.165) is 16.3 Å². The summed E-state index contributed by atoms with van der Waals surface area (Å²) in [6, 6.07) is 21.2. The highest BCUT2D eigenvalue weighted by molar-refractivity contribution is 6.07. The summed E-state index contributed by atoms with van der Waals surface area (Å²) in [5.41, 5.74) is 2.15. The molecule has 0 bridgehead atoms. The third-order valence-corrected chi connectivity index (χ3v) is 4.14. The largest absolute Gasteiger partial charge is 0.321 e. The van der Waals surface area contributed by atoms with Crippen LogP contribution in [0.5, 0.6) is 0 Å². The molecule has 0 fully saturated rings. The van der Waals surface area contributed by atoms with Crippen molar-refractivity contribution in [1.82, 2.24) is 14.8 Å². The lowest BCUT2D eigenvalue weighted by Crippen LogP contribution is -2.13. The number of hydrogen-bond donors (Lipinski definition) is 1. The molecular formula is C20H16N4O. The fourth-order valence-corrected chi connectivity index (χ4v) is 2.84. The van der Waals surface area contributed by atoms with Gasteiger partial charge < -0.3 is 9.88 Å². The monoisotopic (exact) mass is 328 g/mol. The summed E-state index contributed by atoms with van der Waals surface area (Å²) in [5, 5.41) is 13.2. The van der Waals surface area contributed by atoms with Gasteiger partial charge in [-0.3, -0.25) is 4.79 Å². The van der Waals surface area contributed by atoms with Crippen LogP contribution < -0.4 is 5.32 Å². The van der Waals surface area contributed by atoms with Crippen molar-refractivity contribution >= 4 is 22.4 Å². The molecule has 1 aromatic heterocycles. The van der Waals surface area contributed by atoms with Gasteiger partial charge in [-0.15, -0.1) is 10.2 Å². The molecule has 3 aromatic carbocycles. The second kappa shape index (κ2) is 6.20. The quantitative estimate of drug-likeness (QED) is 0.621. The van der Waals surface area contributed by atoms with E-state index in [0.29, 0.717) is 17.1 Å². The van der Waals surface area contributed by atoms with Gasteiger partial charge >= 0.3 is 0 Å². The number of amides is 1. The minimum absolute atomic E-state index is 0.152. The Balaban J connectivity index is 1.68. The van der Waals surface area contributed by atoms with Crippen LogP contribution in [0.3, 0.4) is 0 Å². The number of aromatic nitrogens is 3. The second-order valence-electron chi connectivity index (χ2n) is 5.83. The molecule has 0 aliphatic carbocycles. The molecule has 122 valence electrons. The Bertz CT molecular complexity index is 1070. The van der Waals surface area contributed by atoms with Crippen molar-refractivity contribution in [1.29, 1.82) is 0 Å². The topological polar surface area (TPSA) is 59.8 Å². The van der Waals surface area contributed by atoms with E-state index < -0.39 is 0 Å². The summed E-state index contributed by atoms with van der Waals surface area (Å²) in [6.07, 6.45) is 1.64. The first-order valence-electron chi connectivity index (χ1n) is 7.96. The Morgan fingerprint density at radius 3 is 2.52 bits per heavy atom. The molecule has 4 rings (SSSR count). The van der Waals surface area contributed by atoms with E-state index in [1.165, 1.54) is 0 Å². The molecule has 1 heterocycles. The SMILES string of the molecule is Cn1cnnc1-c1ccccc1NC(=O)c1ccc2ccccc2c1. The molecule has 0 saturated carbocycles. The van der Waals surface area contributed by atoms with Crippen molar-refractivity contribution in [2.24, 2.45) is 7.05 Å². The third-order valence-electron chi connectivity index (χ3n) is 4.14. The summed E-state index contributed by atoms with van der Waals surface area (Å²) in [6.45, 7) is 0. The van der Waals surface area contributed by atoms with Crippen LogP contribution in [-0.4, -0.2) is 20.7 Å². The molecule has 0 aliphatic heterocycles. The lowest BCUT2D eigenvalue weighted by Gasteiger charge is -2.11. The highest BCUT2D eigenvalue weighted by Gasteiger charge is 2.13. The minimum atomic E-state index is -0.152. The van der Waals surface area contributed by atoms with Crippen molar-refractivity contribution in [2.45, 2.75) is 0 Å². The van der Waals surface area contributed by atoms with E-state index in [2.05, 4.69) is 15.5 Å². The van der Waals surface area contributed by atoms with E-state index >= 15 is 0 Å². The maximum absolute atomic E-state index is 12.7. The van der Waals surface area contributed by atoms with E-state index in [1.807, 2.05) is 78.3 Å². The van der Waals surface area contributed by atoms with Crippen molar-refractivity contribution in [3.63, 3.8) is 0 Å². The highest BCUT2D eigenvalue weighted by Crippen LogP contribution is 2.26. The normalized spacial score (nSPS) is 10.8. The molecule has 4 aromatic rings. The van der Waals surface area contributed by atoms with Gasteiger partial charge in [0.05, 0.1) is 5.69 Å². The van der Waals surface area contributed by atoms with E-state index in [9.17, 15) is 4.79 Å². The number of hydrogen-bond acceptors (Lipinski definition) is 3. The van der Waals surface area contributed by atoms with Crippen molar-refractivity contribution in [3.05, 3.63) is 78.6 Å². The van der Waals surface area contributed by atoms with Gasteiger partial charge in [-0.2, -0.15) is 0 Å². The van der Waals surface area contributed by atoms with Crippen molar-refractivity contribution in [2.75, 3.05) is 5.32 Å². The van der Waals surface area contributed by atoms with Crippen LogP contribution in [0.25, 0.3) is 22.2 Å². The minimum Gasteiger partial charge on any atom is -0.321 e. The Kier molecular flexibility index (Phi) is 3.74. The summed E-state index contributed by atoms with van der Waals surface area (Å²) in [4.78, 5) is 12.7.